The second-order valence-electron chi connectivity index (χ2n) is 3.86. The fraction of sp³-hybridized carbons (Fsp3) is 0.455. The molecule has 1 aromatic carbocycles. The number of hydrogen-bond donors (Lipinski definition) is 0. The number of halogens is 4. The molecular formula is C11H10Cl2F2O. The number of benzene rings is 1. The first-order valence-electron chi connectivity index (χ1n) is 4.88. The van der Waals surface area contributed by atoms with Gasteiger partial charge in [-0.3, -0.25) is 0 Å². The van der Waals surface area contributed by atoms with Crippen LogP contribution in [0.25, 0.3) is 0 Å². The average molecular weight is 267 g/mol. The van der Waals surface area contributed by atoms with Gasteiger partial charge in [0.05, 0.1) is 12.5 Å². The van der Waals surface area contributed by atoms with Gasteiger partial charge in [0.15, 0.2) is 0 Å². The van der Waals surface area contributed by atoms with Crippen molar-refractivity contribution in [3.05, 3.63) is 28.8 Å². The molecule has 2 rings (SSSR count). The molecule has 5 heteroatoms. The molecule has 16 heavy (non-hydrogen) atoms. The van der Waals surface area contributed by atoms with Crippen LogP contribution in [0.3, 0.4) is 0 Å². The molecule has 1 aliphatic rings. The molecule has 1 fully saturated rings. The number of alkyl halides is 3. The summed E-state index contributed by atoms with van der Waals surface area (Å²) in [6.07, 6.45) is -0.0828. The van der Waals surface area contributed by atoms with E-state index in [1.165, 1.54) is 0 Å². The number of hydrogen-bond acceptors (Lipinski definition) is 1. The Morgan fingerprint density at radius 1 is 1.44 bits per heavy atom. The summed E-state index contributed by atoms with van der Waals surface area (Å²) in [4.78, 5) is 0. The van der Waals surface area contributed by atoms with E-state index >= 15 is 0 Å². The van der Waals surface area contributed by atoms with Crippen molar-refractivity contribution in [1.29, 1.82) is 0 Å². The maximum atomic E-state index is 12.6. The van der Waals surface area contributed by atoms with Crippen molar-refractivity contribution in [2.45, 2.75) is 18.2 Å². The molecule has 0 amide bonds. The molecule has 0 aromatic heterocycles. The standard InChI is InChI=1S/C11H10Cl2F2O/c12-5-7-1-2-9(3-10(7)13)16-6-8-4-11(8,14)15/h1-3,8H,4-6H2. The van der Waals surface area contributed by atoms with Crippen LogP contribution >= 0.6 is 23.2 Å². The van der Waals surface area contributed by atoms with E-state index in [2.05, 4.69) is 0 Å². The zero-order valence-electron chi connectivity index (χ0n) is 8.35. The van der Waals surface area contributed by atoms with Crippen LogP contribution in [0.2, 0.25) is 5.02 Å². The number of ether oxygens (including phenoxy) is 1. The summed E-state index contributed by atoms with van der Waals surface area (Å²) < 4.78 is 30.4. The molecule has 0 radical (unpaired) electrons. The fourth-order valence-electron chi connectivity index (χ4n) is 1.37. The minimum absolute atomic E-state index is 0.0313. The summed E-state index contributed by atoms with van der Waals surface area (Å²) in [6.45, 7) is 0.0313. The monoisotopic (exact) mass is 266 g/mol. The zero-order valence-corrected chi connectivity index (χ0v) is 9.86. The van der Waals surface area contributed by atoms with Gasteiger partial charge < -0.3 is 4.74 Å². The van der Waals surface area contributed by atoms with Crippen LogP contribution in [0.15, 0.2) is 18.2 Å². The van der Waals surface area contributed by atoms with Crippen molar-refractivity contribution in [3.63, 3.8) is 0 Å². The Hall–Kier alpha value is -0.540. The first-order valence-corrected chi connectivity index (χ1v) is 5.79. The fourth-order valence-corrected chi connectivity index (χ4v) is 1.91. The molecule has 0 spiro atoms. The smallest absolute Gasteiger partial charge is 0.255 e. The quantitative estimate of drug-likeness (QED) is 0.746. The van der Waals surface area contributed by atoms with E-state index in [1.807, 2.05) is 0 Å². The van der Waals surface area contributed by atoms with Crippen LogP contribution in [0.4, 0.5) is 8.78 Å². The molecular weight excluding hydrogens is 257 g/mol. The van der Waals surface area contributed by atoms with Gasteiger partial charge in [0, 0.05) is 17.3 Å². The molecule has 0 heterocycles. The van der Waals surface area contributed by atoms with E-state index in [0.717, 1.165) is 5.56 Å². The van der Waals surface area contributed by atoms with Gasteiger partial charge in [-0.1, -0.05) is 17.7 Å². The van der Waals surface area contributed by atoms with Gasteiger partial charge in [-0.05, 0) is 17.7 Å². The molecule has 1 nitrogen and oxygen atoms in total. The topological polar surface area (TPSA) is 9.23 Å². The second-order valence-corrected chi connectivity index (χ2v) is 4.53. The highest BCUT2D eigenvalue weighted by atomic mass is 35.5. The summed E-state index contributed by atoms with van der Waals surface area (Å²) in [7, 11) is 0. The molecule has 88 valence electrons. The largest absolute Gasteiger partial charge is 0.493 e. The molecule has 0 aliphatic heterocycles. The van der Waals surface area contributed by atoms with Crippen LogP contribution in [0.5, 0.6) is 5.75 Å². The highest BCUT2D eigenvalue weighted by Crippen LogP contribution is 2.48. The maximum Gasteiger partial charge on any atom is 0.255 e. The van der Waals surface area contributed by atoms with Crippen LogP contribution in [0.1, 0.15) is 12.0 Å². The van der Waals surface area contributed by atoms with E-state index < -0.39 is 11.8 Å². The minimum Gasteiger partial charge on any atom is -0.493 e. The maximum absolute atomic E-state index is 12.6. The van der Waals surface area contributed by atoms with Gasteiger partial charge >= 0.3 is 0 Å². The third-order valence-corrected chi connectivity index (χ3v) is 3.22. The lowest BCUT2D eigenvalue weighted by atomic mass is 10.2. The molecule has 1 aliphatic carbocycles. The normalized spacial score (nSPS) is 21.9. The lowest BCUT2D eigenvalue weighted by molar-refractivity contribution is 0.0856. The van der Waals surface area contributed by atoms with Crippen molar-refractivity contribution >= 4 is 23.2 Å². The Morgan fingerprint density at radius 2 is 2.12 bits per heavy atom. The molecule has 1 aromatic rings. The lowest BCUT2D eigenvalue weighted by Crippen LogP contribution is -2.05. The molecule has 0 N–H and O–H groups in total. The van der Waals surface area contributed by atoms with Gasteiger partial charge in [0.2, 0.25) is 0 Å². The Morgan fingerprint density at radius 3 is 2.62 bits per heavy atom. The summed E-state index contributed by atoms with van der Waals surface area (Å²) >= 11 is 11.5. The Balaban J connectivity index is 1.93. The van der Waals surface area contributed by atoms with Crippen molar-refractivity contribution in [1.82, 2.24) is 0 Å². The first kappa shape index (κ1) is 11.9. The Kier molecular flexibility index (Phi) is 3.27. The van der Waals surface area contributed by atoms with Crippen molar-refractivity contribution in [3.8, 4) is 5.75 Å². The van der Waals surface area contributed by atoms with Crippen LogP contribution in [-0.2, 0) is 5.88 Å². The van der Waals surface area contributed by atoms with Gasteiger partial charge in [0.25, 0.3) is 5.92 Å². The molecule has 0 saturated heterocycles. The molecule has 1 saturated carbocycles. The predicted molar refractivity (Wildman–Crippen MR) is 59.6 cm³/mol. The molecule has 1 atom stereocenters. The predicted octanol–water partition coefficient (Wildman–Crippen LogP) is 4.11. The van der Waals surface area contributed by atoms with Crippen molar-refractivity contribution in [2.24, 2.45) is 5.92 Å². The Labute approximate surface area is 102 Å². The van der Waals surface area contributed by atoms with Crippen molar-refractivity contribution < 1.29 is 13.5 Å². The summed E-state index contributed by atoms with van der Waals surface area (Å²) in [6, 6.07) is 5.01. The third-order valence-electron chi connectivity index (χ3n) is 2.58. The molecule has 0 bridgehead atoms. The molecule has 1 unspecified atom stereocenters. The van der Waals surface area contributed by atoms with Gasteiger partial charge in [0.1, 0.15) is 5.75 Å². The summed E-state index contributed by atoms with van der Waals surface area (Å²) in [5.74, 6) is -2.37. The van der Waals surface area contributed by atoms with E-state index in [-0.39, 0.29) is 13.0 Å². The first-order chi connectivity index (χ1) is 7.53. The number of rotatable bonds is 4. The van der Waals surface area contributed by atoms with E-state index in [4.69, 9.17) is 27.9 Å². The van der Waals surface area contributed by atoms with Gasteiger partial charge in [-0.15, -0.1) is 11.6 Å². The summed E-state index contributed by atoms with van der Waals surface area (Å²) in [5, 5.41) is 0.495. The van der Waals surface area contributed by atoms with E-state index in [1.54, 1.807) is 18.2 Å². The second kappa shape index (κ2) is 4.38. The highest BCUT2D eigenvalue weighted by Gasteiger charge is 2.57. The SMILES string of the molecule is FC1(F)CC1COc1ccc(CCl)c(Cl)c1. The van der Waals surface area contributed by atoms with E-state index in [9.17, 15) is 8.78 Å². The summed E-state index contributed by atoms with van der Waals surface area (Å²) in [5.41, 5.74) is 0.799. The van der Waals surface area contributed by atoms with Crippen molar-refractivity contribution in [2.75, 3.05) is 6.61 Å². The average Bonchev–Trinajstić information content (AvgIpc) is 2.84. The zero-order chi connectivity index (χ0) is 11.8. The van der Waals surface area contributed by atoms with Crippen LogP contribution in [0, 0.1) is 5.92 Å². The minimum atomic E-state index is -2.54. The van der Waals surface area contributed by atoms with Gasteiger partial charge in [-0.2, -0.15) is 0 Å². The lowest BCUT2D eigenvalue weighted by Gasteiger charge is -2.07. The van der Waals surface area contributed by atoms with Gasteiger partial charge in [-0.25, -0.2) is 8.78 Å². The van der Waals surface area contributed by atoms with E-state index in [0.29, 0.717) is 16.7 Å². The van der Waals surface area contributed by atoms with Crippen LogP contribution < -0.4 is 4.74 Å². The highest BCUT2D eigenvalue weighted by molar-refractivity contribution is 6.32. The Bertz CT molecular complexity index is 396. The van der Waals surface area contributed by atoms with Crippen LogP contribution in [-0.4, -0.2) is 12.5 Å². The third kappa shape index (κ3) is 2.58.